The molecule has 20 heavy (non-hydrogen) atoms. The van der Waals surface area contributed by atoms with Gasteiger partial charge in [-0.25, -0.2) is 8.42 Å². The Balaban J connectivity index is 1.87. The third-order valence-electron chi connectivity index (χ3n) is 3.43. The molecule has 4 nitrogen and oxygen atoms in total. The molecule has 0 amide bonds. The highest BCUT2D eigenvalue weighted by atomic mass is 35.5. The van der Waals surface area contributed by atoms with Crippen molar-refractivity contribution in [2.24, 2.45) is 5.92 Å². The van der Waals surface area contributed by atoms with Crippen LogP contribution in [0.2, 0.25) is 5.02 Å². The number of carbonyl (C=O) groups is 1. The molecule has 0 bridgehead atoms. The quantitative estimate of drug-likeness (QED) is 0.801. The van der Waals surface area contributed by atoms with Gasteiger partial charge in [0.25, 0.3) is 0 Å². The predicted octanol–water partition coefficient (Wildman–Crippen LogP) is 2.77. The van der Waals surface area contributed by atoms with Crippen molar-refractivity contribution in [3.63, 3.8) is 0 Å². The van der Waals surface area contributed by atoms with E-state index in [4.69, 9.17) is 16.3 Å². The van der Waals surface area contributed by atoms with Crippen LogP contribution in [0, 0.1) is 5.92 Å². The maximum absolute atomic E-state index is 11.8. The van der Waals surface area contributed by atoms with E-state index in [2.05, 4.69) is 0 Å². The largest absolute Gasteiger partial charge is 0.458 e. The molecule has 1 aliphatic heterocycles. The van der Waals surface area contributed by atoms with Gasteiger partial charge in [0, 0.05) is 11.4 Å². The van der Waals surface area contributed by atoms with E-state index in [0.717, 1.165) is 5.56 Å². The molecule has 1 aliphatic rings. The minimum Gasteiger partial charge on any atom is -0.458 e. The van der Waals surface area contributed by atoms with Gasteiger partial charge in [0.15, 0.2) is 9.84 Å². The highest BCUT2D eigenvalue weighted by molar-refractivity contribution is 7.91. The molecular formula is C14H17ClO4S. The molecule has 1 aromatic rings. The molecule has 2 atom stereocenters. The van der Waals surface area contributed by atoms with E-state index in [1.165, 1.54) is 0 Å². The molecule has 0 spiro atoms. The first-order valence-corrected chi connectivity index (χ1v) is 8.71. The van der Waals surface area contributed by atoms with Gasteiger partial charge < -0.3 is 4.74 Å². The number of esters is 1. The fourth-order valence-corrected chi connectivity index (χ4v) is 4.30. The lowest BCUT2D eigenvalue weighted by Crippen LogP contribution is -2.14. The number of halogens is 1. The molecule has 1 saturated heterocycles. The average Bonchev–Trinajstić information content (AvgIpc) is 2.69. The molecule has 0 aliphatic carbocycles. The molecule has 1 fully saturated rings. The van der Waals surface area contributed by atoms with Gasteiger partial charge in [-0.05, 0) is 37.0 Å². The van der Waals surface area contributed by atoms with Gasteiger partial charge in [-0.2, -0.15) is 0 Å². The van der Waals surface area contributed by atoms with E-state index < -0.39 is 9.84 Å². The molecule has 0 N–H and O–H groups in total. The summed E-state index contributed by atoms with van der Waals surface area (Å²) in [7, 11) is -2.95. The van der Waals surface area contributed by atoms with E-state index >= 15 is 0 Å². The zero-order chi connectivity index (χ0) is 14.8. The molecule has 110 valence electrons. The van der Waals surface area contributed by atoms with Crippen molar-refractivity contribution >= 4 is 27.4 Å². The van der Waals surface area contributed by atoms with Gasteiger partial charge in [0.1, 0.15) is 6.10 Å². The number of sulfone groups is 1. The van der Waals surface area contributed by atoms with Crippen LogP contribution in [0.3, 0.4) is 0 Å². The number of rotatable bonds is 4. The van der Waals surface area contributed by atoms with Gasteiger partial charge in [0.2, 0.25) is 0 Å². The van der Waals surface area contributed by atoms with Crippen LogP contribution in [0.25, 0.3) is 0 Å². The maximum atomic E-state index is 11.8. The molecule has 6 heteroatoms. The Morgan fingerprint density at radius 2 is 2.05 bits per heavy atom. The molecule has 0 radical (unpaired) electrons. The SMILES string of the molecule is CC(OC(=O)CC1CCS(=O)(=O)C1)c1ccc(Cl)cc1. The normalized spacial score (nSPS) is 22.4. The van der Waals surface area contributed by atoms with Crippen LogP contribution in [0.15, 0.2) is 24.3 Å². The predicted molar refractivity (Wildman–Crippen MR) is 77.3 cm³/mol. The number of ether oxygens (including phenoxy) is 1. The first-order chi connectivity index (χ1) is 9.35. The molecule has 1 heterocycles. The summed E-state index contributed by atoms with van der Waals surface area (Å²) >= 11 is 5.80. The summed E-state index contributed by atoms with van der Waals surface area (Å²) in [5, 5.41) is 0.628. The van der Waals surface area contributed by atoms with Crippen molar-refractivity contribution < 1.29 is 17.9 Å². The minimum atomic E-state index is -2.95. The van der Waals surface area contributed by atoms with Crippen LogP contribution in [0.4, 0.5) is 0 Å². The zero-order valence-corrected chi connectivity index (χ0v) is 12.8. The molecule has 0 aromatic heterocycles. The van der Waals surface area contributed by atoms with Gasteiger partial charge in [-0.1, -0.05) is 23.7 Å². The topological polar surface area (TPSA) is 60.4 Å². The van der Waals surface area contributed by atoms with Crippen LogP contribution in [0.5, 0.6) is 0 Å². The van der Waals surface area contributed by atoms with Gasteiger partial charge in [-0.15, -0.1) is 0 Å². The summed E-state index contributed by atoms with van der Waals surface area (Å²) in [5.74, 6) is -0.186. The second-order valence-corrected chi connectivity index (χ2v) is 7.82. The standard InChI is InChI=1S/C14H17ClO4S/c1-10(12-2-4-13(15)5-3-12)19-14(16)8-11-6-7-20(17,18)9-11/h2-5,10-11H,6-9H2,1H3. The highest BCUT2D eigenvalue weighted by Crippen LogP contribution is 2.24. The summed E-state index contributed by atoms with van der Waals surface area (Å²) in [5.41, 5.74) is 0.863. The fourth-order valence-electron chi connectivity index (χ4n) is 2.32. The second-order valence-electron chi connectivity index (χ2n) is 5.16. The minimum absolute atomic E-state index is 0.0947. The van der Waals surface area contributed by atoms with Gasteiger partial charge >= 0.3 is 5.97 Å². The van der Waals surface area contributed by atoms with Crippen molar-refractivity contribution in [1.29, 1.82) is 0 Å². The van der Waals surface area contributed by atoms with Crippen molar-refractivity contribution in [2.45, 2.75) is 25.9 Å². The average molecular weight is 317 g/mol. The first-order valence-electron chi connectivity index (χ1n) is 6.51. The summed E-state index contributed by atoms with van der Waals surface area (Å²) in [6.07, 6.45) is 0.349. The Bertz CT molecular complexity index is 580. The van der Waals surface area contributed by atoms with Crippen LogP contribution in [0.1, 0.15) is 31.4 Å². The van der Waals surface area contributed by atoms with Gasteiger partial charge in [0.05, 0.1) is 11.5 Å². The van der Waals surface area contributed by atoms with Crippen LogP contribution < -0.4 is 0 Å². The lowest BCUT2D eigenvalue weighted by atomic mass is 10.1. The number of hydrogen-bond donors (Lipinski definition) is 0. The zero-order valence-electron chi connectivity index (χ0n) is 11.2. The van der Waals surface area contributed by atoms with Crippen LogP contribution in [-0.4, -0.2) is 25.9 Å². The lowest BCUT2D eigenvalue weighted by molar-refractivity contribution is -0.149. The number of carbonyl (C=O) groups excluding carboxylic acids is 1. The Morgan fingerprint density at radius 3 is 2.60 bits per heavy atom. The van der Waals surface area contributed by atoms with E-state index in [9.17, 15) is 13.2 Å². The Kier molecular flexibility index (Phi) is 4.70. The third-order valence-corrected chi connectivity index (χ3v) is 5.52. The Morgan fingerprint density at radius 1 is 1.40 bits per heavy atom. The van der Waals surface area contributed by atoms with E-state index in [1.54, 1.807) is 31.2 Å². The van der Waals surface area contributed by atoms with E-state index in [0.29, 0.717) is 11.4 Å². The van der Waals surface area contributed by atoms with E-state index in [-0.39, 0.29) is 35.9 Å². The summed E-state index contributed by atoms with van der Waals surface area (Å²) < 4.78 is 28.0. The smallest absolute Gasteiger partial charge is 0.306 e. The maximum Gasteiger partial charge on any atom is 0.306 e. The van der Waals surface area contributed by atoms with Crippen molar-refractivity contribution in [1.82, 2.24) is 0 Å². The Labute approximate surface area is 124 Å². The molecule has 2 rings (SSSR count). The molecule has 0 saturated carbocycles. The van der Waals surface area contributed by atoms with E-state index in [1.807, 2.05) is 0 Å². The van der Waals surface area contributed by atoms with Crippen molar-refractivity contribution in [3.05, 3.63) is 34.9 Å². The van der Waals surface area contributed by atoms with Crippen LogP contribution in [-0.2, 0) is 19.4 Å². The second kappa shape index (κ2) is 6.14. The molecular weight excluding hydrogens is 300 g/mol. The fraction of sp³-hybridized carbons (Fsp3) is 0.500. The number of hydrogen-bond acceptors (Lipinski definition) is 4. The monoisotopic (exact) mass is 316 g/mol. The van der Waals surface area contributed by atoms with Gasteiger partial charge in [-0.3, -0.25) is 4.79 Å². The highest BCUT2D eigenvalue weighted by Gasteiger charge is 2.30. The summed E-state index contributed by atoms with van der Waals surface area (Å²) in [4.78, 5) is 11.8. The Hall–Kier alpha value is -1.07. The summed E-state index contributed by atoms with van der Waals surface area (Å²) in [6.45, 7) is 1.78. The van der Waals surface area contributed by atoms with Crippen LogP contribution >= 0.6 is 11.6 Å². The molecule has 1 aromatic carbocycles. The van der Waals surface area contributed by atoms with Crippen molar-refractivity contribution in [3.8, 4) is 0 Å². The number of benzene rings is 1. The lowest BCUT2D eigenvalue weighted by Gasteiger charge is -2.15. The van der Waals surface area contributed by atoms with Crippen molar-refractivity contribution in [2.75, 3.05) is 11.5 Å². The first kappa shape index (κ1) is 15.3. The summed E-state index contributed by atoms with van der Waals surface area (Å²) in [6, 6.07) is 7.09. The molecule has 2 unspecified atom stereocenters. The third kappa shape index (κ3) is 4.21.